The number of likely N-dealkylation sites (tertiary alicyclic amines) is 1. The first kappa shape index (κ1) is 24.7. The fourth-order valence-corrected chi connectivity index (χ4v) is 5.71. The number of pyridine rings is 1. The SMILES string of the molecule is Nc1ncc(-c2cc3n(n2)CCOC32CCN(C(=O)NC3(c4cccc(F)c4)CCC3)C2)cc1C(F)(F)F. The Morgan fingerprint density at radius 1 is 1.13 bits per heavy atom. The molecule has 2 aromatic heterocycles. The number of nitrogens with zero attached hydrogens (tertiary/aromatic N) is 4. The molecule has 1 spiro atoms. The minimum Gasteiger partial charge on any atom is -0.383 e. The van der Waals surface area contributed by atoms with Crippen molar-refractivity contribution < 1.29 is 27.1 Å². The Hall–Kier alpha value is -3.67. The predicted molar refractivity (Wildman–Crippen MR) is 129 cm³/mol. The third kappa shape index (κ3) is 4.07. The lowest BCUT2D eigenvalue weighted by Gasteiger charge is -2.44. The van der Waals surface area contributed by atoms with Gasteiger partial charge in [-0.25, -0.2) is 14.2 Å². The zero-order valence-electron chi connectivity index (χ0n) is 20.4. The van der Waals surface area contributed by atoms with Crippen LogP contribution in [0, 0.1) is 5.82 Å². The summed E-state index contributed by atoms with van der Waals surface area (Å²) in [5.74, 6) is -0.938. The number of hydrogen-bond donors (Lipinski definition) is 2. The molecule has 1 saturated heterocycles. The highest BCUT2D eigenvalue weighted by Gasteiger charge is 2.49. The smallest absolute Gasteiger partial charge is 0.383 e. The molecule has 3 N–H and O–H groups in total. The second-order valence-corrected chi connectivity index (χ2v) is 10.2. The van der Waals surface area contributed by atoms with Gasteiger partial charge in [-0.1, -0.05) is 12.1 Å². The number of nitrogens with two attached hydrogens (primary N) is 1. The summed E-state index contributed by atoms with van der Waals surface area (Å²) in [6, 6.07) is 8.70. The second kappa shape index (κ2) is 8.69. The highest BCUT2D eigenvalue weighted by atomic mass is 19.4. The number of benzene rings is 1. The summed E-state index contributed by atoms with van der Waals surface area (Å²) >= 11 is 0. The number of nitrogen functional groups attached to an aromatic ring is 1. The number of halogens is 4. The summed E-state index contributed by atoms with van der Waals surface area (Å²) in [4.78, 5) is 18.8. The molecule has 1 atom stereocenters. The van der Waals surface area contributed by atoms with Crippen molar-refractivity contribution >= 4 is 11.8 Å². The molecule has 2 aliphatic heterocycles. The van der Waals surface area contributed by atoms with E-state index in [0.717, 1.165) is 30.9 Å². The molecule has 0 radical (unpaired) electrons. The second-order valence-electron chi connectivity index (χ2n) is 10.2. The Labute approximate surface area is 215 Å². The lowest BCUT2D eigenvalue weighted by molar-refractivity contribution is -0.137. The molecule has 8 nitrogen and oxygen atoms in total. The average Bonchev–Trinajstić information content (AvgIpc) is 3.47. The van der Waals surface area contributed by atoms with E-state index in [1.54, 1.807) is 21.7 Å². The number of carbonyl (C=O) groups excluding carboxylic acids is 1. The summed E-state index contributed by atoms with van der Waals surface area (Å²) in [6.45, 7) is 1.47. The molecule has 12 heteroatoms. The number of alkyl halides is 3. The molecule has 1 aromatic carbocycles. The minimum absolute atomic E-state index is 0.193. The number of hydrogen-bond acceptors (Lipinski definition) is 5. The zero-order chi connectivity index (χ0) is 26.7. The van der Waals surface area contributed by atoms with Crippen LogP contribution in [0.3, 0.4) is 0 Å². The molecule has 3 aromatic rings. The third-order valence-electron chi connectivity index (χ3n) is 7.90. The molecule has 1 unspecified atom stereocenters. The lowest BCUT2D eigenvalue weighted by atomic mass is 9.72. The third-order valence-corrected chi connectivity index (χ3v) is 7.90. The number of fused-ring (bicyclic) bond motifs is 2. The van der Waals surface area contributed by atoms with E-state index in [0.29, 0.717) is 37.5 Å². The van der Waals surface area contributed by atoms with Crippen molar-refractivity contribution in [2.75, 3.05) is 25.4 Å². The first-order chi connectivity index (χ1) is 18.1. The predicted octanol–water partition coefficient (Wildman–Crippen LogP) is 4.41. The molecule has 2 amide bonds. The maximum atomic E-state index is 13.9. The van der Waals surface area contributed by atoms with Gasteiger partial charge < -0.3 is 20.7 Å². The fraction of sp³-hybridized carbons (Fsp3) is 0.423. The van der Waals surface area contributed by atoms with E-state index >= 15 is 0 Å². The van der Waals surface area contributed by atoms with Crippen LogP contribution in [-0.4, -0.2) is 45.4 Å². The van der Waals surface area contributed by atoms with Crippen molar-refractivity contribution in [2.45, 2.75) is 49.5 Å². The van der Waals surface area contributed by atoms with Gasteiger partial charge in [0.25, 0.3) is 0 Å². The number of ether oxygens (including phenoxy) is 1. The van der Waals surface area contributed by atoms with E-state index in [4.69, 9.17) is 10.5 Å². The number of anilines is 1. The van der Waals surface area contributed by atoms with Gasteiger partial charge in [0.1, 0.15) is 17.2 Å². The van der Waals surface area contributed by atoms with Gasteiger partial charge in [-0.05, 0) is 49.1 Å². The zero-order valence-corrected chi connectivity index (χ0v) is 20.4. The summed E-state index contributed by atoms with van der Waals surface area (Å²) in [5.41, 5.74) is 4.97. The maximum Gasteiger partial charge on any atom is 0.419 e. The number of rotatable bonds is 3. The highest BCUT2D eigenvalue weighted by molar-refractivity contribution is 5.76. The number of amides is 2. The summed E-state index contributed by atoms with van der Waals surface area (Å²) in [5, 5.41) is 7.66. The van der Waals surface area contributed by atoms with Crippen LogP contribution in [0.2, 0.25) is 0 Å². The van der Waals surface area contributed by atoms with Gasteiger partial charge in [-0.2, -0.15) is 18.3 Å². The van der Waals surface area contributed by atoms with Gasteiger partial charge in [0.05, 0.1) is 42.2 Å². The van der Waals surface area contributed by atoms with Crippen LogP contribution >= 0.6 is 0 Å². The standard InChI is InChI=1S/C26H26F4N6O2/c27-18-4-1-3-17(12-18)24(5-2-6-24)33-23(37)35-8-7-25(15-35)21-13-20(34-36(21)9-10-38-25)16-11-19(26(28,29)30)22(31)32-14-16/h1,3-4,11-14H,2,5-10,15H2,(H2,31,32)(H,33,37). The van der Waals surface area contributed by atoms with Gasteiger partial charge in [0.15, 0.2) is 0 Å². The molecule has 6 rings (SSSR count). The van der Waals surface area contributed by atoms with Crippen molar-refractivity contribution in [3.05, 3.63) is 65.2 Å². The minimum atomic E-state index is -4.64. The van der Waals surface area contributed by atoms with Crippen LogP contribution in [0.5, 0.6) is 0 Å². The Morgan fingerprint density at radius 3 is 2.66 bits per heavy atom. The molecule has 3 aliphatic rings. The summed E-state index contributed by atoms with van der Waals surface area (Å²) in [7, 11) is 0. The van der Waals surface area contributed by atoms with E-state index in [1.807, 2.05) is 6.07 Å². The molecule has 2 fully saturated rings. The van der Waals surface area contributed by atoms with Crippen LogP contribution in [0.1, 0.15) is 42.5 Å². The van der Waals surface area contributed by atoms with Crippen molar-refractivity contribution in [2.24, 2.45) is 0 Å². The van der Waals surface area contributed by atoms with E-state index in [1.165, 1.54) is 18.3 Å². The van der Waals surface area contributed by atoms with Gasteiger partial charge in [0.2, 0.25) is 0 Å². The summed E-state index contributed by atoms with van der Waals surface area (Å²) < 4.78 is 62.0. The van der Waals surface area contributed by atoms with Crippen LogP contribution < -0.4 is 11.1 Å². The van der Waals surface area contributed by atoms with E-state index < -0.39 is 28.7 Å². The first-order valence-electron chi connectivity index (χ1n) is 12.5. The molecule has 4 heterocycles. The molecule has 0 bridgehead atoms. The topological polar surface area (TPSA) is 98.3 Å². The Kier molecular flexibility index (Phi) is 5.64. The van der Waals surface area contributed by atoms with Crippen LogP contribution in [-0.2, 0) is 28.6 Å². The number of aromatic nitrogens is 3. The van der Waals surface area contributed by atoms with E-state index in [-0.39, 0.29) is 24.0 Å². The van der Waals surface area contributed by atoms with Gasteiger partial charge in [-0.15, -0.1) is 0 Å². The molecular weight excluding hydrogens is 504 g/mol. The number of nitrogens with one attached hydrogen (secondary N) is 1. The Morgan fingerprint density at radius 2 is 1.95 bits per heavy atom. The Balaban J connectivity index is 1.24. The quantitative estimate of drug-likeness (QED) is 0.489. The van der Waals surface area contributed by atoms with Crippen LogP contribution in [0.15, 0.2) is 42.6 Å². The largest absolute Gasteiger partial charge is 0.419 e. The summed E-state index contributed by atoms with van der Waals surface area (Å²) in [6.07, 6.45) is -0.481. The van der Waals surface area contributed by atoms with Gasteiger partial charge >= 0.3 is 12.2 Å². The van der Waals surface area contributed by atoms with Crippen molar-refractivity contribution in [1.29, 1.82) is 0 Å². The van der Waals surface area contributed by atoms with E-state index in [9.17, 15) is 22.4 Å². The normalized spacial score (nSPS) is 22.3. The van der Waals surface area contributed by atoms with E-state index in [2.05, 4.69) is 15.4 Å². The fourth-order valence-electron chi connectivity index (χ4n) is 5.71. The van der Waals surface area contributed by atoms with Crippen LogP contribution in [0.4, 0.5) is 28.2 Å². The van der Waals surface area contributed by atoms with Crippen molar-refractivity contribution in [3.63, 3.8) is 0 Å². The molecule has 200 valence electrons. The van der Waals surface area contributed by atoms with Crippen molar-refractivity contribution in [1.82, 2.24) is 25.0 Å². The number of carbonyl (C=O) groups is 1. The van der Waals surface area contributed by atoms with Gasteiger partial charge in [-0.3, -0.25) is 4.68 Å². The lowest BCUT2D eigenvalue weighted by Crippen LogP contribution is -2.55. The highest BCUT2D eigenvalue weighted by Crippen LogP contribution is 2.44. The maximum absolute atomic E-state index is 13.9. The van der Waals surface area contributed by atoms with Crippen molar-refractivity contribution in [3.8, 4) is 11.3 Å². The first-order valence-corrected chi connectivity index (χ1v) is 12.5. The molecule has 1 saturated carbocycles. The Bertz CT molecular complexity index is 1400. The molecule has 1 aliphatic carbocycles. The average molecular weight is 531 g/mol. The van der Waals surface area contributed by atoms with Gasteiger partial charge in [0, 0.05) is 24.7 Å². The monoisotopic (exact) mass is 530 g/mol. The van der Waals surface area contributed by atoms with Crippen LogP contribution in [0.25, 0.3) is 11.3 Å². The number of urea groups is 1. The molecule has 38 heavy (non-hydrogen) atoms. The molecular formula is C26H26F4N6O2.